The zero-order chi connectivity index (χ0) is 17.2. The first-order chi connectivity index (χ1) is 11.7. The topological polar surface area (TPSA) is 29.1 Å². The Bertz CT molecular complexity index is 626. The Morgan fingerprint density at radius 2 is 1.71 bits per heavy atom. The van der Waals surface area contributed by atoms with Crippen LogP contribution in [0.4, 0.5) is 4.39 Å². The van der Waals surface area contributed by atoms with Gasteiger partial charge in [0.25, 0.3) is 0 Å². The summed E-state index contributed by atoms with van der Waals surface area (Å²) in [6, 6.07) is 5.86. The second-order valence-corrected chi connectivity index (χ2v) is 5.83. The molecule has 0 aromatic heterocycles. The van der Waals surface area contributed by atoms with Crippen LogP contribution in [0.1, 0.15) is 30.1 Å². The third-order valence-electron chi connectivity index (χ3n) is 3.97. The highest BCUT2D eigenvalue weighted by molar-refractivity contribution is 5.99. The van der Waals surface area contributed by atoms with E-state index >= 15 is 0 Å². The molecule has 0 radical (unpaired) electrons. The molecule has 2 unspecified atom stereocenters. The molecule has 2 aliphatic rings. The zero-order valence-electron chi connectivity index (χ0n) is 14.0. The minimum Gasteiger partial charge on any atom is -0.313 e. The molecule has 0 bridgehead atoms. The van der Waals surface area contributed by atoms with Crippen molar-refractivity contribution in [2.45, 2.75) is 25.8 Å². The maximum absolute atomic E-state index is 12.8. The minimum absolute atomic E-state index is 0.0446. The van der Waals surface area contributed by atoms with E-state index < -0.39 is 0 Å². The molecule has 126 valence electrons. The van der Waals surface area contributed by atoms with Gasteiger partial charge < -0.3 is 5.32 Å². The second-order valence-electron chi connectivity index (χ2n) is 5.83. The summed E-state index contributed by atoms with van der Waals surface area (Å²) in [6.45, 7) is 2.90. The average Bonchev–Trinajstić information content (AvgIpc) is 3.01. The molecular weight excluding hydrogens is 301 g/mol. The van der Waals surface area contributed by atoms with Crippen LogP contribution in [0.15, 0.2) is 72.9 Å². The third kappa shape index (κ3) is 5.74. The quantitative estimate of drug-likeness (QED) is 0.635. The molecule has 0 amide bonds. The Kier molecular flexibility index (Phi) is 7.37. The van der Waals surface area contributed by atoms with Crippen LogP contribution in [0.25, 0.3) is 0 Å². The molecule has 0 saturated heterocycles. The monoisotopic (exact) mass is 325 g/mol. The number of allylic oxidation sites excluding steroid dienone is 6. The summed E-state index contributed by atoms with van der Waals surface area (Å²) < 4.78 is 12.8. The third-order valence-corrected chi connectivity index (χ3v) is 3.97. The Morgan fingerprint density at radius 1 is 1.04 bits per heavy atom. The first-order valence-electron chi connectivity index (χ1n) is 8.36. The van der Waals surface area contributed by atoms with Crippen molar-refractivity contribution in [2.75, 3.05) is 6.54 Å². The maximum atomic E-state index is 12.8. The minimum atomic E-state index is -0.316. The summed E-state index contributed by atoms with van der Waals surface area (Å²) in [5, 5.41) is 3.30. The van der Waals surface area contributed by atoms with Crippen LogP contribution >= 0.6 is 0 Å². The number of carbonyl (C=O) groups is 1. The van der Waals surface area contributed by atoms with Crippen LogP contribution in [0, 0.1) is 11.7 Å². The predicted octanol–water partition coefficient (Wildman–Crippen LogP) is 4.62. The van der Waals surface area contributed by atoms with Gasteiger partial charge >= 0.3 is 0 Å². The van der Waals surface area contributed by atoms with Crippen LogP contribution in [0.3, 0.4) is 0 Å². The van der Waals surface area contributed by atoms with Crippen LogP contribution in [-0.4, -0.2) is 18.4 Å². The zero-order valence-corrected chi connectivity index (χ0v) is 14.0. The first kappa shape index (κ1) is 18.1. The van der Waals surface area contributed by atoms with Gasteiger partial charge in [0.1, 0.15) is 5.82 Å². The number of hydrogen-bond acceptors (Lipinski definition) is 2. The van der Waals surface area contributed by atoms with Crippen molar-refractivity contribution in [2.24, 2.45) is 5.92 Å². The number of ketones is 1. The van der Waals surface area contributed by atoms with Crippen molar-refractivity contribution >= 4 is 5.78 Å². The Labute approximate surface area is 143 Å². The molecule has 0 spiro atoms. The number of nitrogens with one attached hydrogen (secondary N) is 1. The van der Waals surface area contributed by atoms with E-state index in [1.165, 1.54) is 12.1 Å². The maximum Gasteiger partial charge on any atom is 0.171 e. The number of Topliss-reactive ketones (excluding diaryl/α,β-unsaturated/α-hetero) is 1. The van der Waals surface area contributed by atoms with Crippen molar-refractivity contribution in [3.63, 3.8) is 0 Å². The van der Waals surface area contributed by atoms with Gasteiger partial charge in [0, 0.05) is 11.6 Å². The average molecular weight is 325 g/mol. The standard InChI is InChI=1S/C14H16FNO.C7H8/c1-10-13(4-2-3-9-16-10)14(17)11-5-7-12(15)8-6-11;1-2-4-6-7-5-3-1/h2,4-8,10,13,16H,3,9H2,1H3;1-6H,7H2. The predicted molar refractivity (Wildman–Crippen MR) is 97.5 cm³/mol. The highest BCUT2D eigenvalue weighted by Gasteiger charge is 2.24. The van der Waals surface area contributed by atoms with Crippen molar-refractivity contribution in [1.29, 1.82) is 0 Å². The van der Waals surface area contributed by atoms with Gasteiger partial charge in [-0.2, -0.15) is 0 Å². The molecule has 3 rings (SSSR count). The highest BCUT2D eigenvalue weighted by Crippen LogP contribution is 2.17. The van der Waals surface area contributed by atoms with E-state index in [1.807, 2.05) is 31.2 Å². The van der Waals surface area contributed by atoms with Gasteiger partial charge in [-0.25, -0.2) is 4.39 Å². The normalized spacial score (nSPS) is 22.2. The lowest BCUT2D eigenvalue weighted by Crippen LogP contribution is -2.36. The van der Waals surface area contributed by atoms with Gasteiger partial charge in [0.05, 0.1) is 5.92 Å². The van der Waals surface area contributed by atoms with Crippen molar-refractivity contribution < 1.29 is 9.18 Å². The molecular formula is C21H24FNO. The lowest BCUT2D eigenvalue weighted by atomic mass is 9.91. The fourth-order valence-corrected chi connectivity index (χ4v) is 2.57. The molecule has 1 aliphatic heterocycles. The SMILES string of the molecule is C1=CC=CCC=C1.CC1NCCC=CC1C(=O)c1ccc(F)cc1. The van der Waals surface area contributed by atoms with Crippen molar-refractivity contribution in [1.82, 2.24) is 5.32 Å². The van der Waals surface area contributed by atoms with Crippen LogP contribution in [0.2, 0.25) is 0 Å². The van der Waals surface area contributed by atoms with Crippen molar-refractivity contribution in [3.8, 4) is 0 Å². The lowest BCUT2D eigenvalue weighted by molar-refractivity contribution is 0.0927. The number of halogens is 1. The van der Waals surface area contributed by atoms with Gasteiger partial charge in [0.2, 0.25) is 0 Å². The van der Waals surface area contributed by atoms with E-state index in [0.29, 0.717) is 5.56 Å². The van der Waals surface area contributed by atoms with E-state index in [1.54, 1.807) is 12.1 Å². The molecule has 3 heteroatoms. The number of rotatable bonds is 2. The first-order valence-corrected chi connectivity index (χ1v) is 8.36. The molecule has 2 atom stereocenters. The number of benzene rings is 1. The molecule has 0 fully saturated rings. The summed E-state index contributed by atoms with van der Waals surface area (Å²) in [6.07, 6.45) is 18.4. The van der Waals surface area contributed by atoms with Gasteiger partial charge in [-0.1, -0.05) is 48.6 Å². The van der Waals surface area contributed by atoms with Gasteiger partial charge in [-0.05, 0) is 50.6 Å². The molecule has 1 aromatic carbocycles. The summed E-state index contributed by atoms with van der Waals surface area (Å²) in [5.74, 6) is -0.435. The van der Waals surface area contributed by atoms with E-state index in [9.17, 15) is 9.18 Å². The van der Waals surface area contributed by atoms with Gasteiger partial charge in [-0.3, -0.25) is 4.79 Å². The van der Waals surface area contributed by atoms with E-state index in [0.717, 1.165) is 19.4 Å². The number of carbonyl (C=O) groups excluding carboxylic acids is 1. The van der Waals surface area contributed by atoms with Gasteiger partial charge in [-0.15, -0.1) is 0 Å². The number of hydrogen-bond donors (Lipinski definition) is 1. The molecule has 1 aliphatic carbocycles. The molecule has 1 aromatic rings. The Balaban J connectivity index is 0.000000249. The van der Waals surface area contributed by atoms with Crippen molar-refractivity contribution in [3.05, 3.63) is 84.3 Å². The molecule has 0 saturated carbocycles. The Morgan fingerprint density at radius 3 is 2.38 bits per heavy atom. The second kappa shape index (κ2) is 9.78. The van der Waals surface area contributed by atoms with Gasteiger partial charge in [0.15, 0.2) is 5.78 Å². The van der Waals surface area contributed by atoms with Crippen LogP contribution < -0.4 is 5.32 Å². The highest BCUT2D eigenvalue weighted by atomic mass is 19.1. The molecule has 1 heterocycles. The fraction of sp³-hybridized carbons (Fsp3) is 0.286. The summed E-state index contributed by atoms with van der Waals surface area (Å²) in [4.78, 5) is 12.3. The summed E-state index contributed by atoms with van der Waals surface area (Å²) in [7, 11) is 0. The molecule has 24 heavy (non-hydrogen) atoms. The van der Waals surface area contributed by atoms with E-state index in [4.69, 9.17) is 0 Å². The summed E-state index contributed by atoms with van der Waals surface area (Å²) in [5.41, 5.74) is 0.566. The van der Waals surface area contributed by atoms with E-state index in [2.05, 4.69) is 29.6 Å². The van der Waals surface area contributed by atoms with E-state index in [-0.39, 0.29) is 23.6 Å². The molecule has 1 N–H and O–H groups in total. The van der Waals surface area contributed by atoms with Crippen LogP contribution in [0.5, 0.6) is 0 Å². The lowest BCUT2D eigenvalue weighted by Gasteiger charge is -2.19. The molecule has 2 nitrogen and oxygen atoms in total. The fourth-order valence-electron chi connectivity index (χ4n) is 2.57. The largest absolute Gasteiger partial charge is 0.313 e. The summed E-state index contributed by atoms with van der Waals surface area (Å²) >= 11 is 0. The Hall–Kier alpha value is -2.26. The smallest absolute Gasteiger partial charge is 0.171 e. The van der Waals surface area contributed by atoms with Crippen LogP contribution in [-0.2, 0) is 0 Å².